The van der Waals surface area contributed by atoms with Crippen molar-refractivity contribution in [3.63, 3.8) is 0 Å². The molecule has 0 saturated carbocycles. The van der Waals surface area contributed by atoms with Crippen LogP contribution in [0.2, 0.25) is 0 Å². The van der Waals surface area contributed by atoms with Gasteiger partial charge in [0.05, 0.1) is 11.7 Å². The first kappa shape index (κ1) is 15.7. The molecule has 2 aromatic rings. The Labute approximate surface area is 127 Å². The predicted octanol–water partition coefficient (Wildman–Crippen LogP) is 2.77. The third-order valence-electron chi connectivity index (χ3n) is 3.98. The van der Waals surface area contributed by atoms with Crippen LogP contribution in [-0.2, 0) is 25.8 Å². The Balaban J connectivity index is 2.19. The van der Waals surface area contributed by atoms with Crippen molar-refractivity contribution < 1.29 is 0 Å². The minimum atomic E-state index is 0.114. The average molecular weight is 286 g/mol. The molecular weight excluding hydrogens is 260 g/mol. The number of hydrogen-bond acceptors (Lipinski definition) is 3. The second-order valence-corrected chi connectivity index (χ2v) is 5.31. The molecule has 21 heavy (non-hydrogen) atoms. The molecule has 1 aromatic heterocycles. The lowest BCUT2D eigenvalue weighted by molar-refractivity contribution is 0.516. The topological polar surface area (TPSA) is 55.9 Å². The molecule has 0 bridgehead atoms. The van der Waals surface area contributed by atoms with Crippen LogP contribution in [0.5, 0.6) is 0 Å². The molecule has 0 amide bonds. The largest absolute Gasteiger partial charge is 0.271 e. The van der Waals surface area contributed by atoms with E-state index >= 15 is 0 Å². The molecule has 0 spiro atoms. The standard InChI is InChI=1S/C17H26N4/c1-4-13-7-9-14(10-8-13)17(19-18)12-16-11-15(5-2)20-21(16)6-3/h7-11,17,19H,4-6,12,18H2,1-3H3. The minimum absolute atomic E-state index is 0.114. The van der Waals surface area contributed by atoms with Crippen LogP contribution in [-0.4, -0.2) is 9.78 Å². The zero-order valence-electron chi connectivity index (χ0n) is 13.3. The van der Waals surface area contributed by atoms with Crippen LogP contribution >= 0.6 is 0 Å². The number of nitrogens with two attached hydrogens (primary N) is 1. The summed E-state index contributed by atoms with van der Waals surface area (Å²) < 4.78 is 2.07. The van der Waals surface area contributed by atoms with E-state index < -0.39 is 0 Å². The molecule has 4 heteroatoms. The van der Waals surface area contributed by atoms with Gasteiger partial charge in [-0.05, 0) is 37.0 Å². The molecule has 1 aromatic carbocycles. The number of aromatic nitrogens is 2. The van der Waals surface area contributed by atoms with Crippen LogP contribution in [0.25, 0.3) is 0 Å². The third-order valence-corrected chi connectivity index (χ3v) is 3.98. The fourth-order valence-corrected chi connectivity index (χ4v) is 2.59. The summed E-state index contributed by atoms with van der Waals surface area (Å²) in [4.78, 5) is 0. The SMILES string of the molecule is CCc1ccc(C(Cc2cc(CC)nn2CC)NN)cc1. The van der Waals surface area contributed by atoms with Crippen molar-refractivity contribution in [3.8, 4) is 0 Å². The summed E-state index contributed by atoms with van der Waals surface area (Å²) in [6.45, 7) is 7.31. The van der Waals surface area contributed by atoms with Crippen LogP contribution in [0, 0.1) is 0 Å². The van der Waals surface area contributed by atoms with Crippen molar-refractivity contribution in [2.75, 3.05) is 0 Å². The van der Waals surface area contributed by atoms with Gasteiger partial charge in [-0.1, -0.05) is 38.1 Å². The van der Waals surface area contributed by atoms with Crippen LogP contribution in [0.3, 0.4) is 0 Å². The Bertz CT molecular complexity index is 557. The van der Waals surface area contributed by atoms with Gasteiger partial charge in [0.1, 0.15) is 0 Å². The Hall–Kier alpha value is -1.65. The van der Waals surface area contributed by atoms with Crippen LogP contribution in [0.4, 0.5) is 0 Å². The quantitative estimate of drug-likeness (QED) is 0.608. The minimum Gasteiger partial charge on any atom is -0.271 e. The highest BCUT2D eigenvalue weighted by atomic mass is 15.3. The number of nitrogens with one attached hydrogen (secondary N) is 1. The molecule has 0 fully saturated rings. The van der Waals surface area contributed by atoms with Crippen molar-refractivity contribution >= 4 is 0 Å². The zero-order valence-corrected chi connectivity index (χ0v) is 13.3. The maximum absolute atomic E-state index is 5.77. The molecule has 2 rings (SSSR count). The Morgan fingerprint density at radius 2 is 1.86 bits per heavy atom. The maximum Gasteiger partial charge on any atom is 0.0624 e. The van der Waals surface area contributed by atoms with E-state index in [4.69, 9.17) is 5.84 Å². The van der Waals surface area contributed by atoms with Gasteiger partial charge in [-0.2, -0.15) is 5.10 Å². The van der Waals surface area contributed by atoms with Gasteiger partial charge in [0, 0.05) is 18.7 Å². The summed E-state index contributed by atoms with van der Waals surface area (Å²) in [5.74, 6) is 5.77. The molecule has 114 valence electrons. The van der Waals surface area contributed by atoms with Gasteiger partial charge in [0.15, 0.2) is 0 Å². The van der Waals surface area contributed by atoms with Crippen molar-refractivity contribution in [2.45, 2.75) is 52.6 Å². The summed E-state index contributed by atoms with van der Waals surface area (Å²) >= 11 is 0. The predicted molar refractivity (Wildman–Crippen MR) is 86.9 cm³/mol. The maximum atomic E-state index is 5.77. The Morgan fingerprint density at radius 1 is 1.14 bits per heavy atom. The normalized spacial score (nSPS) is 12.6. The molecule has 0 saturated heterocycles. The van der Waals surface area contributed by atoms with Crippen molar-refractivity contribution in [1.82, 2.24) is 15.2 Å². The molecular formula is C17H26N4. The number of rotatable bonds is 7. The van der Waals surface area contributed by atoms with E-state index in [1.807, 2.05) is 0 Å². The van der Waals surface area contributed by atoms with E-state index in [1.165, 1.54) is 16.8 Å². The van der Waals surface area contributed by atoms with Gasteiger partial charge in [-0.3, -0.25) is 16.0 Å². The lowest BCUT2D eigenvalue weighted by atomic mass is 10.00. The molecule has 1 unspecified atom stereocenters. The molecule has 3 N–H and O–H groups in total. The molecule has 0 aliphatic heterocycles. The van der Waals surface area contributed by atoms with E-state index in [0.717, 1.165) is 31.5 Å². The number of aryl methyl sites for hydroxylation is 3. The highest BCUT2D eigenvalue weighted by Crippen LogP contribution is 2.19. The average Bonchev–Trinajstić information content (AvgIpc) is 2.95. The highest BCUT2D eigenvalue weighted by molar-refractivity contribution is 5.26. The van der Waals surface area contributed by atoms with E-state index in [9.17, 15) is 0 Å². The van der Waals surface area contributed by atoms with Crippen LogP contribution < -0.4 is 11.3 Å². The van der Waals surface area contributed by atoms with Crippen molar-refractivity contribution in [3.05, 3.63) is 52.8 Å². The molecule has 1 atom stereocenters. The van der Waals surface area contributed by atoms with E-state index in [0.29, 0.717) is 0 Å². The lowest BCUT2D eigenvalue weighted by Gasteiger charge is -2.17. The fraction of sp³-hybridized carbons (Fsp3) is 0.471. The fourth-order valence-electron chi connectivity index (χ4n) is 2.59. The second kappa shape index (κ2) is 7.38. The van der Waals surface area contributed by atoms with Gasteiger partial charge in [-0.25, -0.2) is 0 Å². The molecule has 4 nitrogen and oxygen atoms in total. The molecule has 0 radical (unpaired) electrons. The van der Waals surface area contributed by atoms with Gasteiger partial charge in [0.25, 0.3) is 0 Å². The van der Waals surface area contributed by atoms with E-state index in [-0.39, 0.29) is 6.04 Å². The summed E-state index contributed by atoms with van der Waals surface area (Å²) in [5, 5.41) is 4.60. The Morgan fingerprint density at radius 3 is 2.38 bits per heavy atom. The summed E-state index contributed by atoms with van der Waals surface area (Å²) in [7, 11) is 0. The summed E-state index contributed by atoms with van der Waals surface area (Å²) in [6, 6.07) is 11.0. The van der Waals surface area contributed by atoms with E-state index in [1.54, 1.807) is 0 Å². The third kappa shape index (κ3) is 3.71. The first-order valence-corrected chi connectivity index (χ1v) is 7.82. The van der Waals surface area contributed by atoms with Crippen LogP contribution in [0.1, 0.15) is 49.3 Å². The monoisotopic (exact) mass is 286 g/mol. The number of benzene rings is 1. The second-order valence-electron chi connectivity index (χ2n) is 5.31. The number of hydrogen-bond donors (Lipinski definition) is 2. The zero-order chi connectivity index (χ0) is 15.2. The molecule has 1 heterocycles. The molecule has 0 aliphatic carbocycles. The van der Waals surface area contributed by atoms with Gasteiger partial charge >= 0.3 is 0 Å². The smallest absolute Gasteiger partial charge is 0.0624 e. The molecule has 0 aliphatic rings. The van der Waals surface area contributed by atoms with Gasteiger partial charge in [0.2, 0.25) is 0 Å². The first-order valence-electron chi connectivity index (χ1n) is 7.82. The van der Waals surface area contributed by atoms with E-state index in [2.05, 4.69) is 66.3 Å². The highest BCUT2D eigenvalue weighted by Gasteiger charge is 2.14. The summed E-state index contributed by atoms with van der Waals surface area (Å²) in [5.41, 5.74) is 7.89. The lowest BCUT2D eigenvalue weighted by Crippen LogP contribution is -2.30. The van der Waals surface area contributed by atoms with Crippen molar-refractivity contribution in [1.29, 1.82) is 0 Å². The van der Waals surface area contributed by atoms with Crippen LogP contribution in [0.15, 0.2) is 30.3 Å². The Kier molecular flexibility index (Phi) is 5.53. The number of nitrogens with zero attached hydrogens (tertiary/aromatic N) is 2. The summed E-state index contributed by atoms with van der Waals surface area (Å²) in [6.07, 6.45) is 2.87. The van der Waals surface area contributed by atoms with Gasteiger partial charge in [-0.15, -0.1) is 0 Å². The number of hydrazine groups is 1. The first-order chi connectivity index (χ1) is 10.2. The van der Waals surface area contributed by atoms with Crippen molar-refractivity contribution in [2.24, 2.45) is 5.84 Å². The van der Waals surface area contributed by atoms with Gasteiger partial charge < -0.3 is 0 Å².